The summed E-state index contributed by atoms with van der Waals surface area (Å²) in [6, 6.07) is 6.41. The zero-order chi connectivity index (χ0) is 27.0. The van der Waals surface area contributed by atoms with Gasteiger partial charge in [0.25, 0.3) is 0 Å². The number of unbranched alkanes of at least 4 members (excludes halogenated alkanes) is 10. The quantitative estimate of drug-likeness (QED) is 0.170. The van der Waals surface area contributed by atoms with Crippen molar-refractivity contribution in [3.05, 3.63) is 41.1 Å². The third-order valence-corrected chi connectivity index (χ3v) is 6.96. The Morgan fingerprint density at radius 1 is 0.946 bits per heavy atom. The normalized spacial score (nSPS) is 15.5. The SMILES string of the molecule is CCCCCCCCCCCCCC(=O)Nc1cccc([C@H]2NC(=O)N(CCC)C(C)=C2C(=O)OC)c1. The second-order valence-corrected chi connectivity index (χ2v) is 9.98. The molecule has 2 rings (SSSR count). The van der Waals surface area contributed by atoms with Crippen molar-refractivity contribution in [1.29, 1.82) is 0 Å². The van der Waals surface area contributed by atoms with Gasteiger partial charge in [-0.15, -0.1) is 0 Å². The number of ether oxygens (including phenoxy) is 1. The lowest BCUT2D eigenvalue weighted by Crippen LogP contribution is -2.48. The molecule has 2 N–H and O–H groups in total. The number of nitrogens with zero attached hydrogens (tertiary/aromatic N) is 1. The summed E-state index contributed by atoms with van der Waals surface area (Å²) in [4.78, 5) is 39.5. The maximum atomic E-state index is 12.7. The van der Waals surface area contributed by atoms with Gasteiger partial charge in [-0.05, 0) is 37.5 Å². The van der Waals surface area contributed by atoms with E-state index in [-0.39, 0.29) is 11.9 Å². The van der Waals surface area contributed by atoms with Crippen molar-refractivity contribution in [3.63, 3.8) is 0 Å². The van der Waals surface area contributed by atoms with Gasteiger partial charge >= 0.3 is 12.0 Å². The average Bonchev–Trinajstić information content (AvgIpc) is 2.89. The van der Waals surface area contributed by atoms with Crippen LogP contribution >= 0.6 is 0 Å². The molecule has 0 bridgehead atoms. The highest BCUT2D eigenvalue weighted by molar-refractivity contribution is 5.95. The lowest BCUT2D eigenvalue weighted by atomic mass is 9.94. The van der Waals surface area contributed by atoms with Crippen LogP contribution in [0.5, 0.6) is 0 Å². The minimum absolute atomic E-state index is 0.0187. The van der Waals surface area contributed by atoms with E-state index in [1.54, 1.807) is 11.8 Å². The van der Waals surface area contributed by atoms with E-state index in [9.17, 15) is 14.4 Å². The Morgan fingerprint density at radius 2 is 1.57 bits per heavy atom. The number of hydrogen-bond acceptors (Lipinski definition) is 4. The highest BCUT2D eigenvalue weighted by atomic mass is 16.5. The fourth-order valence-corrected chi connectivity index (χ4v) is 4.87. The summed E-state index contributed by atoms with van der Waals surface area (Å²) in [6.45, 7) is 6.51. The number of nitrogens with one attached hydrogen (secondary N) is 2. The van der Waals surface area contributed by atoms with Gasteiger partial charge in [-0.1, -0.05) is 90.2 Å². The number of methoxy groups -OCH3 is 1. The van der Waals surface area contributed by atoms with Gasteiger partial charge in [0.2, 0.25) is 5.91 Å². The van der Waals surface area contributed by atoms with E-state index in [1.807, 2.05) is 31.2 Å². The van der Waals surface area contributed by atoms with Gasteiger partial charge in [0.15, 0.2) is 0 Å². The van der Waals surface area contributed by atoms with Gasteiger partial charge in [-0.25, -0.2) is 9.59 Å². The van der Waals surface area contributed by atoms with Crippen molar-refractivity contribution in [1.82, 2.24) is 10.2 Å². The Balaban J connectivity index is 1.86. The van der Waals surface area contributed by atoms with Gasteiger partial charge in [0.05, 0.1) is 18.7 Å². The number of hydrogen-bond donors (Lipinski definition) is 2. The molecule has 0 aliphatic carbocycles. The van der Waals surface area contributed by atoms with E-state index < -0.39 is 12.0 Å². The van der Waals surface area contributed by atoms with E-state index in [1.165, 1.54) is 64.9 Å². The lowest BCUT2D eigenvalue weighted by Gasteiger charge is -2.35. The Labute approximate surface area is 223 Å². The largest absolute Gasteiger partial charge is 0.466 e. The molecule has 1 aliphatic heterocycles. The van der Waals surface area contributed by atoms with Crippen LogP contribution in [0.4, 0.5) is 10.5 Å². The van der Waals surface area contributed by atoms with Crippen LogP contribution < -0.4 is 10.6 Å². The van der Waals surface area contributed by atoms with E-state index in [0.717, 1.165) is 24.8 Å². The number of carbonyl (C=O) groups excluding carboxylic acids is 3. The highest BCUT2D eigenvalue weighted by Crippen LogP contribution is 2.32. The van der Waals surface area contributed by atoms with Crippen LogP contribution in [0.1, 0.15) is 116 Å². The monoisotopic (exact) mass is 513 g/mol. The molecule has 1 atom stereocenters. The molecule has 3 amide bonds. The number of anilines is 1. The van der Waals surface area contributed by atoms with Crippen molar-refractivity contribution >= 4 is 23.6 Å². The summed E-state index contributed by atoms with van der Waals surface area (Å²) in [6.07, 6.45) is 15.0. The molecule has 1 heterocycles. The third kappa shape index (κ3) is 9.86. The molecule has 0 saturated carbocycles. The van der Waals surface area contributed by atoms with Crippen LogP contribution in [0.25, 0.3) is 0 Å². The first-order valence-corrected chi connectivity index (χ1v) is 14.2. The number of rotatable bonds is 17. The van der Waals surface area contributed by atoms with Crippen LogP contribution in [-0.2, 0) is 14.3 Å². The molecule has 0 spiro atoms. The average molecular weight is 514 g/mol. The topological polar surface area (TPSA) is 87.7 Å². The second kappa shape index (κ2) is 16.8. The zero-order valence-electron chi connectivity index (χ0n) is 23.4. The minimum atomic E-state index is -0.642. The molecule has 1 aromatic carbocycles. The van der Waals surface area contributed by atoms with Crippen molar-refractivity contribution in [3.8, 4) is 0 Å². The molecular formula is C30H47N3O4. The van der Waals surface area contributed by atoms with E-state index in [0.29, 0.717) is 29.9 Å². The van der Waals surface area contributed by atoms with Gasteiger partial charge in [-0.2, -0.15) is 0 Å². The number of amides is 3. The molecule has 0 fully saturated rings. The number of urea groups is 1. The molecule has 0 saturated heterocycles. The fourth-order valence-electron chi connectivity index (χ4n) is 4.87. The van der Waals surface area contributed by atoms with Crippen LogP contribution in [0.2, 0.25) is 0 Å². The predicted octanol–water partition coefficient (Wildman–Crippen LogP) is 7.25. The van der Waals surface area contributed by atoms with E-state index in [4.69, 9.17) is 4.74 Å². The summed E-state index contributed by atoms with van der Waals surface area (Å²) in [5.41, 5.74) is 2.36. The molecule has 206 valence electrons. The molecule has 1 aromatic rings. The number of carbonyl (C=O) groups is 3. The first kappa shape index (κ1) is 30.4. The summed E-state index contributed by atoms with van der Waals surface area (Å²) in [7, 11) is 1.34. The fraction of sp³-hybridized carbons (Fsp3) is 0.633. The smallest absolute Gasteiger partial charge is 0.337 e. The van der Waals surface area contributed by atoms with Crippen molar-refractivity contribution in [2.75, 3.05) is 19.0 Å². The number of allylic oxidation sites excluding steroid dienone is 1. The Morgan fingerprint density at radius 3 is 2.16 bits per heavy atom. The molecule has 7 nitrogen and oxygen atoms in total. The molecule has 7 heteroatoms. The molecule has 0 unspecified atom stereocenters. The molecule has 1 aliphatic rings. The van der Waals surface area contributed by atoms with Crippen molar-refractivity contribution in [2.45, 2.75) is 110 Å². The zero-order valence-corrected chi connectivity index (χ0v) is 23.4. The number of benzene rings is 1. The molecule has 37 heavy (non-hydrogen) atoms. The lowest BCUT2D eigenvalue weighted by molar-refractivity contribution is -0.136. The first-order valence-electron chi connectivity index (χ1n) is 14.2. The second-order valence-electron chi connectivity index (χ2n) is 9.98. The Kier molecular flexibility index (Phi) is 13.8. The third-order valence-electron chi connectivity index (χ3n) is 6.96. The Bertz CT molecular complexity index is 912. The van der Waals surface area contributed by atoms with Crippen molar-refractivity contribution in [2.24, 2.45) is 0 Å². The standard InChI is InChI=1S/C30H47N3O4/c1-5-7-8-9-10-11-12-13-14-15-16-20-26(34)31-25-19-17-18-24(22-25)28-27(29(35)37-4)23(3)33(21-6-2)30(36)32-28/h17-19,22,28H,5-16,20-21H2,1-4H3,(H,31,34)(H,32,36)/t28-/m1/s1. The first-order chi connectivity index (χ1) is 17.9. The number of esters is 1. The summed E-state index contributed by atoms with van der Waals surface area (Å²) in [5.74, 6) is -0.496. The van der Waals surface area contributed by atoms with Gasteiger partial charge < -0.3 is 15.4 Å². The van der Waals surface area contributed by atoms with Crippen LogP contribution in [0.3, 0.4) is 0 Å². The maximum Gasteiger partial charge on any atom is 0.337 e. The van der Waals surface area contributed by atoms with Crippen LogP contribution in [-0.4, -0.2) is 36.5 Å². The Hall–Kier alpha value is -2.83. The predicted molar refractivity (Wildman–Crippen MR) is 149 cm³/mol. The maximum absolute atomic E-state index is 12.7. The van der Waals surface area contributed by atoms with Gasteiger partial charge in [-0.3, -0.25) is 9.69 Å². The van der Waals surface area contributed by atoms with Crippen molar-refractivity contribution < 1.29 is 19.1 Å². The molecular weight excluding hydrogens is 466 g/mol. The van der Waals surface area contributed by atoms with Crippen LogP contribution in [0.15, 0.2) is 35.5 Å². The molecule has 0 radical (unpaired) electrons. The van der Waals surface area contributed by atoms with E-state index >= 15 is 0 Å². The highest BCUT2D eigenvalue weighted by Gasteiger charge is 2.36. The summed E-state index contributed by atoms with van der Waals surface area (Å²) >= 11 is 0. The van der Waals surface area contributed by atoms with Gasteiger partial charge in [0, 0.05) is 24.4 Å². The minimum Gasteiger partial charge on any atom is -0.466 e. The molecule has 0 aromatic heterocycles. The summed E-state index contributed by atoms with van der Waals surface area (Å²) < 4.78 is 5.03. The van der Waals surface area contributed by atoms with Gasteiger partial charge in [0.1, 0.15) is 0 Å². The van der Waals surface area contributed by atoms with Crippen LogP contribution in [0, 0.1) is 0 Å². The summed E-state index contributed by atoms with van der Waals surface area (Å²) in [5, 5.41) is 5.91. The van der Waals surface area contributed by atoms with E-state index in [2.05, 4.69) is 17.6 Å².